The van der Waals surface area contributed by atoms with E-state index in [0.717, 1.165) is 49.4 Å². The second-order valence-electron chi connectivity index (χ2n) is 14.5. The first-order chi connectivity index (χ1) is 37.0. The molecule has 0 unspecified atom stereocenters. The number of benzene rings is 10. The molecular formula is C60H41NO. The Kier molecular flexibility index (Phi) is 6.14. The van der Waals surface area contributed by atoms with Crippen molar-refractivity contribution in [2.75, 3.05) is 4.90 Å². The number of para-hydroxylation sites is 1. The van der Waals surface area contributed by atoms with Crippen LogP contribution in [0.4, 0.5) is 17.1 Å². The van der Waals surface area contributed by atoms with Gasteiger partial charge in [0, 0.05) is 33.1 Å². The Hall–Kier alpha value is -8.20. The Balaban J connectivity index is 1.13. The maximum absolute atomic E-state index is 9.80. The number of hydrogen-bond acceptors (Lipinski definition) is 2. The summed E-state index contributed by atoms with van der Waals surface area (Å²) in [7, 11) is 0. The van der Waals surface area contributed by atoms with Crippen LogP contribution < -0.4 is 4.90 Å². The van der Waals surface area contributed by atoms with Gasteiger partial charge in [-0.15, -0.1) is 0 Å². The summed E-state index contributed by atoms with van der Waals surface area (Å²) in [4.78, 5) is 1.63. The van der Waals surface area contributed by atoms with Crippen molar-refractivity contribution >= 4 is 66.1 Å². The Bertz CT molecular complexity index is 4290. The lowest BCUT2D eigenvalue weighted by molar-refractivity contribution is 0.672. The first kappa shape index (κ1) is 24.2. The van der Waals surface area contributed by atoms with Crippen molar-refractivity contribution in [3.8, 4) is 33.4 Å². The standard InChI is InChI=1S/C60H41NO/c1-2-13-51(43-14-4-3-5-15-43)46-30-36-50(37-31-46)61(49-34-28-42(29-35-49)41-24-26-47(27-25-41)53-22-12-18-44-16-6-8-19-52(44)53)58-23-11-10-20-54(58)48-33-39-59-57(40-48)56-38-32-45-17-7-9-21-55(45)60(56)62-59/h2-40H,1H2/b51-13+/i6D,8D,12D,16D,18D,19D,22D,24D,25D,26D,27D,28D,29D,34D,35D. The molecule has 1 aromatic heterocycles. The monoisotopic (exact) mass is 806 g/mol. The zero-order chi connectivity index (χ0) is 54.5. The molecule has 292 valence electrons. The van der Waals surface area contributed by atoms with Gasteiger partial charge in [0.25, 0.3) is 0 Å². The van der Waals surface area contributed by atoms with Gasteiger partial charge in [0.15, 0.2) is 0 Å². The molecule has 0 aliphatic carbocycles. The zero-order valence-corrected chi connectivity index (χ0v) is 32.9. The fraction of sp³-hybridized carbons (Fsp3) is 0. The highest BCUT2D eigenvalue weighted by atomic mass is 16.3. The molecule has 0 saturated carbocycles. The summed E-state index contributed by atoms with van der Waals surface area (Å²) < 4.78 is 143. The van der Waals surface area contributed by atoms with Gasteiger partial charge in [0.1, 0.15) is 11.2 Å². The summed E-state index contributed by atoms with van der Waals surface area (Å²) in [5, 5.41) is 2.84. The van der Waals surface area contributed by atoms with Crippen LogP contribution in [0.3, 0.4) is 0 Å². The predicted molar refractivity (Wildman–Crippen MR) is 263 cm³/mol. The fourth-order valence-corrected chi connectivity index (χ4v) is 7.96. The van der Waals surface area contributed by atoms with Gasteiger partial charge in [-0.2, -0.15) is 0 Å². The van der Waals surface area contributed by atoms with Crippen LogP contribution in [0, 0.1) is 0 Å². The van der Waals surface area contributed by atoms with Crippen LogP contribution in [0.5, 0.6) is 0 Å². The van der Waals surface area contributed by atoms with E-state index < -0.39 is 124 Å². The quantitative estimate of drug-likeness (QED) is 0.135. The van der Waals surface area contributed by atoms with E-state index >= 15 is 0 Å². The zero-order valence-electron chi connectivity index (χ0n) is 47.9. The van der Waals surface area contributed by atoms with E-state index in [2.05, 4.69) is 6.58 Å². The second kappa shape index (κ2) is 15.8. The van der Waals surface area contributed by atoms with Crippen molar-refractivity contribution in [2.45, 2.75) is 0 Å². The minimum atomic E-state index is -0.840. The molecule has 0 atom stereocenters. The van der Waals surface area contributed by atoms with Crippen molar-refractivity contribution in [1.29, 1.82) is 0 Å². The van der Waals surface area contributed by atoms with E-state index in [-0.39, 0.29) is 5.69 Å². The van der Waals surface area contributed by atoms with Gasteiger partial charge in [-0.25, -0.2) is 0 Å². The number of fused-ring (bicyclic) bond motifs is 6. The number of rotatable bonds is 9. The van der Waals surface area contributed by atoms with Gasteiger partial charge >= 0.3 is 0 Å². The summed E-state index contributed by atoms with van der Waals surface area (Å²) in [6, 6.07) is 31.3. The third-order valence-electron chi connectivity index (χ3n) is 10.9. The molecule has 0 spiro atoms. The molecule has 1 heterocycles. The lowest BCUT2D eigenvalue weighted by Crippen LogP contribution is -2.11. The number of allylic oxidation sites excluding steroid dienone is 2. The normalized spacial score (nSPS) is 15.1. The smallest absolute Gasteiger partial charge is 0.143 e. The van der Waals surface area contributed by atoms with Gasteiger partial charge < -0.3 is 9.32 Å². The summed E-state index contributed by atoms with van der Waals surface area (Å²) >= 11 is 0. The molecule has 0 aliphatic heterocycles. The van der Waals surface area contributed by atoms with Crippen molar-refractivity contribution < 1.29 is 25.0 Å². The largest absolute Gasteiger partial charge is 0.455 e. The SMILES string of the molecule is [2H]c1c([2H])c(-c2c([2H])c([2H])c([2H])c3c([2H])c([2H])c([2H])c([2H])c23)c([2H])c([2H])c1-c1c([2H])c([2H])c(N(c2ccc(/C(=C/C=C)c3ccccc3)cc2)c2ccccc2-c2ccc3oc4c5ccccc5ccc4c3c2)c([2H])c1[2H]. The van der Waals surface area contributed by atoms with Gasteiger partial charge in [-0.05, 0) is 109 Å². The number of hydrogen-bond donors (Lipinski definition) is 0. The molecule has 0 amide bonds. The summed E-state index contributed by atoms with van der Waals surface area (Å²) in [6.07, 6.45) is 3.59. The maximum atomic E-state index is 9.80. The van der Waals surface area contributed by atoms with E-state index in [0.29, 0.717) is 22.5 Å². The third-order valence-corrected chi connectivity index (χ3v) is 10.9. The average molecular weight is 807 g/mol. The van der Waals surface area contributed by atoms with Crippen LogP contribution in [-0.2, 0) is 0 Å². The van der Waals surface area contributed by atoms with E-state index in [1.54, 1.807) is 17.0 Å². The van der Waals surface area contributed by atoms with Crippen molar-refractivity contribution in [1.82, 2.24) is 0 Å². The highest BCUT2D eigenvalue weighted by Gasteiger charge is 2.19. The van der Waals surface area contributed by atoms with Crippen molar-refractivity contribution in [3.63, 3.8) is 0 Å². The molecule has 2 heteroatoms. The van der Waals surface area contributed by atoms with Gasteiger partial charge in [-0.3, -0.25) is 0 Å². The fourth-order valence-electron chi connectivity index (χ4n) is 7.96. The Morgan fingerprint density at radius 2 is 1.16 bits per heavy atom. The molecule has 11 aromatic rings. The molecular weight excluding hydrogens is 751 g/mol. The van der Waals surface area contributed by atoms with Gasteiger partial charge in [-0.1, -0.05) is 194 Å². The first-order valence-corrected chi connectivity index (χ1v) is 19.9. The van der Waals surface area contributed by atoms with Crippen LogP contribution in [-0.4, -0.2) is 0 Å². The molecule has 62 heavy (non-hydrogen) atoms. The van der Waals surface area contributed by atoms with Crippen molar-refractivity contribution in [3.05, 3.63) is 254 Å². The summed E-state index contributed by atoms with van der Waals surface area (Å²) in [6.45, 7) is 3.94. The van der Waals surface area contributed by atoms with E-state index in [4.69, 9.17) is 14.0 Å². The Morgan fingerprint density at radius 3 is 1.98 bits per heavy atom. The van der Waals surface area contributed by atoms with Crippen LogP contribution in [0.1, 0.15) is 31.7 Å². The molecule has 0 fully saturated rings. The van der Waals surface area contributed by atoms with E-state index in [1.807, 2.05) is 133 Å². The summed E-state index contributed by atoms with van der Waals surface area (Å²) in [5.74, 6) is 0. The molecule has 0 bridgehead atoms. The van der Waals surface area contributed by atoms with Crippen LogP contribution >= 0.6 is 0 Å². The van der Waals surface area contributed by atoms with Gasteiger partial charge in [0.05, 0.1) is 26.2 Å². The summed E-state index contributed by atoms with van der Waals surface area (Å²) in [5.41, 5.74) is 3.85. The number of anilines is 3. The Labute approximate surface area is 382 Å². The Morgan fingerprint density at radius 1 is 0.468 bits per heavy atom. The third kappa shape index (κ3) is 6.65. The van der Waals surface area contributed by atoms with E-state index in [9.17, 15) is 11.0 Å². The molecule has 2 nitrogen and oxygen atoms in total. The highest BCUT2D eigenvalue weighted by molar-refractivity contribution is 6.15. The predicted octanol–water partition coefficient (Wildman–Crippen LogP) is 17.0. The van der Waals surface area contributed by atoms with Crippen LogP contribution in [0.25, 0.3) is 82.4 Å². The molecule has 10 aromatic carbocycles. The van der Waals surface area contributed by atoms with Gasteiger partial charge in [0.2, 0.25) is 0 Å². The topological polar surface area (TPSA) is 16.4 Å². The number of furan rings is 1. The van der Waals surface area contributed by atoms with Crippen LogP contribution in [0.2, 0.25) is 0 Å². The molecule has 11 rings (SSSR count). The van der Waals surface area contributed by atoms with Crippen LogP contribution in [0.15, 0.2) is 247 Å². The lowest BCUT2D eigenvalue weighted by atomic mass is 9.96. The minimum Gasteiger partial charge on any atom is -0.455 e. The lowest BCUT2D eigenvalue weighted by Gasteiger charge is -2.28. The molecule has 0 radical (unpaired) electrons. The second-order valence-corrected chi connectivity index (χ2v) is 14.5. The molecule has 0 saturated heterocycles. The van der Waals surface area contributed by atoms with E-state index in [1.165, 1.54) is 0 Å². The first-order valence-electron chi connectivity index (χ1n) is 27.4. The minimum absolute atomic E-state index is 0.194. The maximum Gasteiger partial charge on any atom is 0.143 e. The number of nitrogens with zero attached hydrogens (tertiary/aromatic N) is 1. The molecule has 0 aliphatic rings. The van der Waals surface area contributed by atoms with Crippen molar-refractivity contribution in [2.24, 2.45) is 0 Å². The molecule has 0 N–H and O–H groups in total. The average Bonchev–Trinajstić information content (AvgIpc) is 3.93. The highest BCUT2D eigenvalue weighted by Crippen LogP contribution is 2.44.